The molecule has 1 atom stereocenters. The Morgan fingerprint density at radius 1 is 1.11 bits per heavy atom. The molecular formula is C24H20F3N3O6. The van der Waals surface area contributed by atoms with E-state index in [2.05, 4.69) is 9.89 Å². The van der Waals surface area contributed by atoms with Crippen LogP contribution in [-0.4, -0.2) is 33.5 Å². The highest BCUT2D eigenvalue weighted by Crippen LogP contribution is 2.34. The average molecular weight is 503 g/mol. The highest BCUT2D eigenvalue weighted by Gasteiger charge is 2.35. The zero-order chi connectivity index (χ0) is 26.4. The summed E-state index contributed by atoms with van der Waals surface area (Å²) in [4.78, 5) is 36.9. The van der Waals surface area contributed by atoms with Gasteiger partial charge in [0.15, 0.2) is 11.7 Å². The summed E-state index contributed by atoms with van der Waals surface area (Å²) in [5.41, 5.74) is -1.59. The summed E-state index contributed by atoms with van der Waals surface area (Å²) < 4.78 is 56.3. The zero-order valence-corrected chi connectivity index (χ0v) is 19.5. The second kappa shape index (κ2) is 9.02. The topological polar surface area (TPSA) is 106 Å². The van der Waals surface area contributed by atoms with E-state index in [-0.39, 0.29) is 5.69 Å². The lowest BCUT2D eigenvalue weighted by molar-refractivity contribution is -0.148. The summed E-state index contributed by atoms with van der Waals surface area (Å²) >= 11 is 0. The number of alkyl halides is 3. The Morgan fingerprint density at radius 3 is 2.50 bits per heavy atom. The van der Waals surface area contributed by atoms with Crippen molar-refractivity contribution in [2.24, 2.45) is 7.05 Å². The molecule has 2 aromatic carbocycles. The van der Waals surface area contributed by atoms with Gasteiger partial charge in [0.05, 0.1) is 18.2 Å². The normalized spacial score (nSPS) is 12.5. The van der Waals surface area contributed by atoms with Gasteiger partial charge in [0.2, 0.25) is 0 Å². The maximum absolute atomic E-state index is 13.2. The molecule has 0 spiro atoms. The zero-order valence-electron chi connectivity index (χ0n) is 19.5. The molecule has 9 nitrogen and oxygen atoms in total. The summed E-state index contributed by atoms with van der Waals surface area (Å²) in [6.07, 6.45) is -5.73. The summed E-state index contributed by atoms with van der Waals surface area (Å²) in [7, 11) is 2.19. The van der Waals surface area contributed by atoms with Crippen molar-refractivity contribution in [1.82, 2.24) is 14.3 Å². The molecule has 0 aliphatic heterocycles. The number of halogens is 3. The fraction of sp³-hybridized carbons (Fsp3) is 0.250. The molecule has 188 valence electrons. The van der Waals surface area contributed by atoms with Crippen molar-refractivity contribution >= 4 is 16.9 Å². The van der Waals surface area contributed by atoms with Crippen LogP contribution in [0.5, 0.6) is 5.75 Å². The van der Waals surface area contributed by atoms with E-state index in [1.54, 1.807) is 18.2 Å². The number of ether oxygens (including phenoxy) is 2. The quantitative estimate of drug-likeness (QED) is 0.383. The van der Waals surface area contributed by atoms with Crippen LogP contribution in [-0.2, 0) is 22.8 Å². The fourth-order valence-electron chi connectivity index (χ4n) is 3.74. The lowest BCUT2D eigenvalue weighted by Crippen LogP contribution is -2.40. The average Bonchev–Trinajstić information content (AvgIpc) is 3.24. The van der Waals surface area contributed by atoms with Crippen molar-refractivity contribution in [1.29, 1.82) is 0 Å². The summed E-state index contributed by atoms with van der Waals surface area (Å²) in [6, 6.07) is 9.68. The molecule has 36 heavy (non-hydrogen) atoms. The van der Waals surface area contributed by atoms with E-state index in [4.69, 9.17) is 9.26 Å². The number of methoxy groups -OCH3 is 1. The molecule has 0 saturated heterocycles. The molecule has 4 rings (SSSR count). The largest absolute Gasteiger partial charge is 0.479 e. The van der Waals surface area contributed by atoms with Gasteiger partial charge in [-0.1, -0.05) is 11.2 Å². The Balaban J connectivity index is 1.84. The molecule has 0 radical (unpaired) electrons. The second-order valence-electron chi connectivity index (χ2n) is 8.01. The number of benzene rings is 2. The lowest BCUT2D eigenvalue weighted by Gasteiger charge is -2.14. The number of fused-ring (bicyclic) bond motifs is 1. The molecule has 4 aromatic rings. The molecule has 12 heteroatoms. The van der Waals surface area contributed by atoms with E-state index in [0.29, 0.717) is 43.2 Å². The van der Waals surface area contributed by atoms with E-state index >= 15 is 0 Å². The lowest BCUT2D eigenvalue weighted by atomic mass is 10.0. The van der Waals surface area contributed by atoms with Crippen LogP contribution in [0.3, 0.4) is 0 Å². The molecule has 2 heterocycles. The first kappa shape index (κ1) is 24.8. The minimum absolute atomic E-state index is 0.0376. The van der Waals surface area contributed by atoms with Gasteiger partial charge >= 0.3 is 17.8 Å². The Labute approximate surface area is 201 Å². The van der Waals surface area contributed by atoms with Crippen LogP contribution >= 0.6 is 0 Å². The molecule has 0 aliphatic rings. The van der Waals surface area contributed by atoms with E-state index < -0.39 is 35.2 Å². The summed E-state index contributed by atoms with van der Waals surface area (Å²) in [6.45, 7) is 3.34. The third-order valence-electron chi connectivity index (χ3n) is 5.63. The van der Waals surface area contributed by atoms with Gasteiger partial charge in [-0.05, 0) is 49.7 Å². The van der Waals surface area contributed by atoms with Crippen molar-refractivity contribution in [3.8, 4) is 22.7 Å². The van der Waals surface area contributed by atoms with Gasteiger partial charge in [0.1, 0.15) is 17.1 Å². The van der Waals surface area contributed by atoms with Gasteiger partial charge in [0, 0.05) is 18.7 Å². The minimum Gasteiger partial charge on any atom is -0.479 e. The number of hydrogen-bond donors (Lipinski definition) is 0. The third kappa shape index (κ3) is 4.37. The fourth-order valence-corrected chi connectivity index (χ4v) is 3.74. The Morgan fingerprint density at radius 2 is 1.83 bits per heavy atom. The van der Waals surface area contributed by atoms with Crippen LogP contribution in [0, 0.1) is 6.92 Å². The van der Waals surface area contributed by atoms with Gasteiger partial charge in [0.25, 0.3) is 5.56 Å². The van der Waals surface area contributed by atoms with E-state index in [1.807, 2.05) is 6.92 Å². The van der Waals surface area contributed by atoms with Gasteiger partial charge in [-0.2, -0.15) is 13.2 Å². The standard InChI is InChI=1S/C24H20F3N3O6/c1-12-5-7-15(35-13(2)22(32)34-4)10-16(12)21-17-9-14(6-8-18(17)36-28-21)30-20(31)11-19(24(25,26)27)29(3)23(30)33/h5-11,13H,1-4H3. The highest BCUT2D eigenvalue weighted by atomic mass is 19.4. The number of carbonyl (C=O) groups is 1. The van der Waals surface area contributed by atoms with Crippen molar-refractivity contribution in [2.45, 2.75) is 26.1 Å². The molecule has 0 amide bonds. The molecule has 0 saturated carbocycles. The molecule has 0 aliphatic carbocycles. The molecule has 1 unspecified atom stereocenters. The van der Waals surface area contributed by atoms with Gasteiger partial charge in [-0.15, -0.1) is 0 Å². The third-order valence-corrected chi connectivity index (χ3v) is 5.63. The predicted molar refractivity (Wildman–Crippen MR) is 122 cm³/mol. The number of rotatable bonds is 5. The van der Waals surface area contributed by atoms with Gasteiger partial charge in [-0.25, -0.2) is 14.2 Å². The van der Waals surface area contributed by atoms with Gasteiger partial charge < -0.3 is 14.0 Å². The van der Waals surface area contributed by atoms with Crippen molar-refractivity contribution in [2.75, 3.05) is 7.11 Å². The maximum atomic E-state index is 13.2. The van der Waals surface area contributed by atoms with Crippen LogP contribution < -0.4 is 16.0 Å². The minimum atomic E-state index is -4.87. The highest BCUT2D eigenvalue weighted by molar-refractivity contribution is 5.93. The van der Waals surface area contributed by atoms with Crippen molar-refractivity contribution < 1.29 is 32.0 Å². The number of aryl methyl sites for hydroxylation is 1. The van der Waals surface area contributed by atoms with Crippen LogP contribution in [0.25, 0.3) is 27.9 Å². The van der Waals surface area contributed by atoms with Crippen LogP contribution in [0.1, 0.15) is 18.2 Å². The van der Waals surface area contributed by atoms with Crippen LogP contribution in [0.4, 0.5) is 13.2 Å². The molecule has 0 fully saturated rings. The van der Waals surface area contributed by atoms with Crippen LogP contribution in [0.15, 0.2) is 56.6 Å². The number of carbonyl (C=O) groups excluding carboxylic acids is 1. The predicted octanol–water partition coefficient (Wildman–Crippen LogP) is 3.61. The number of aromatic nitrogens is 3. The van der Waals surface area contributed by atoms with E-state index in [9.17, 15) is 27.6 Å². The number of hydrogen-bond acceptors (Lipinski definition) is 7. The first-order valence-electron chi connectivity index (χ1n) is 10.6. The Bertz CT molecular complexity index is 1600. The monoisotopic (exact) mass is 503 g/mol. The second-order valence-corrected chi connectivity index (χ2v) is 8.01. The number of nitrogens with zero attached hydrogens (tertiary/aromatic N) is 3. The Kier molecular flexibility index (Phi) is 6.21. The van der Waals surface area contributed by atoms with Crippen LogP contribution in [0.2, 0.25) is 0 Å². The smallest absolute Gasteiger partial charge is 0.431 e. The SMILES string of the molecule is COC(=O)C(C)Oc1ccc(C)c(-c2noc3ccc(-n4c(=O)cc(C(F)(F)F)n(C)c4=O)cc23)c1. The maximum Gasteiger partial charge on any atom is 0.431 e. The molecular weight excluding hydrogens is 483 g/mol. The Hall–Kier alpha value is -4.35. The van der Waals surface area contributed by atoms with E-state index in [1.165, 1.54) is 32.2 Å². The summed E-state index contributed by atoms with van der Waals surface area (Å²) in [5.74, 6) is -0.203. The number of esters is 1. The molecule has 0 bridgehead atoms. The first-order valence-corrected chi connectivity index (χ1v) is 10.6. The van der Waals surface area contributed by atoms with Crippen molar-refractivity contribution in [3.05, 3.63) is 74.6 Å². The molecule has 0 N–H and O–H groups in total. The van der Waals surface area contributed by atoms with E-state index in [0.717, 1.165) is 12.6 Å². The summed E-state index contributed by atoms with van der Waals surface area (Å²) in [5, 5.41) is 4.51. The van der Waals surface area contributed by atoms with Crippen molar-refractivity contribution in [3.63, 3.8) is 0 Å². The molecule has 2 aromatic heterocycles. The first-order chi connectivity index (χ1) is 16.9. The van der Waals surface area contributed by atoms with Gasteiger partial charge in [-0.3, -0.25) is 9.36 Å².